The van der Waals surface area contributed by atoms with Gasteiger partial charge in [-0.2, -0.15) is 18.3 Å². The van der Waals surface area contributed by atoms with Crippen molar-refractivity contribution in [2.45, 2.75) is 25.2 Å². The molecule has 0 spiro atoms. The number of nitrogens with two attached hydrogens (primary N) is 1. The summed E-state index contributed by atoms with van der Waals surface area (Å²) >= 11 is 0. The summed E-state index contributed by atoms with van der Waals surface area (Å²) in [5.41, 5.74) is 3.00. The summed E-state index contributed by atoms with van der Waals surface area (Å²) in [7, 11) is 0. The smallest absolute Gasteiger partial charge is 0.387 e. The first-order chi connectivity index (χ1) is 6.74. The van der Waals surface area contributed by atoms with E-state index in [1.807, 2.05) is 0 Å². The van der Waals surface area contributed by atoms with Crippen LogP contribution in [0, 0.1) is 0 Å². The van der Waals surface area contributed by atoms with Crippen LogP contribution >= 0.6 is 0 Å². The van der Waals surface area contributed by atoms with E-state index in [0.29, 0.717) is 0 Å². The largest absolute Gasteiger partial charge is 0.435 e. The first-order valence-corrected chi connectivity index (χ1v) is 4.28. The second-order valence-corrected chi connectivity index (χ2v) is 3.60. The zero-order valence-corrected chi connectivity index (χ0v) is 8.12. The Kier molecular flexibility index (Phi) is 3.05. The van der Waals surface area contributed by atoms with Gasteiger partial charge in [0.15, 0.2) is 5.69 Å². The van der Waals surface area contributed by atoms with Crippen LogP contribution in [-0.4, -0.2) is 27.0 Å². The van der Waals surface area contributed by atoms with Crippen LogP contribution in [0.5, 0.6) is 0 Å². The van der Waals surface area contributed by atoms with Crippen LogP contribution in [0.4, 0.5) is 13.2 Å². The Morgan fingerprint density at radius 1 is 1.53 bits per heavy atom. The highest BCUT2D eigenvalue weighted by molar-refractivity contribution is 5.03. The van der Waals surface area contributed by atoms with Crippen LogP contribution in [0.3, 0.4) is 0 Å². The number of halogens is 3. The maximum atomic E-state index is 12.2. The van der Waals surface area contributed by atoms with Crippen LogP contribution in [0.15, 0.2) is 12.3 Å². The minimum atomic E-state index is -4.46. The third-order valence-electron chi connectivity index (χ3n) is 1.87. The summed E-state index contributed by atoms with van der Waals surface area (Å²) < 4.78 is 37.5. The molecule has 1 aromatic rings. The van der Waals surface area contributed by atoms with Gasteiger partial charge in [-0.1, -0.05) is 0 Å². The van der Waals surface area contributed by atoms with Crippen LogP contribution in [-0.2, 0) is 12.7 Å². The van der Waals surface area contributed by atoms with E-state index in [-0.39, 0.29) is 13.1 Å². The molecule has 0 saturated heterocycles. The molecule has 0 amide bonds. The lowest BCUT2D eigenvalue weighted by molar-refractivity contribution is -0.141. The molecule has 0 aliphatic heterocycles. The van der Waals surface area contributed by atoms with Gasteiger partial charge in [0.05, 0.1) is 12.1 Å². The Morgan fingerprint density at radius 3 is 2.53 bits per heavy atom. The fourth-order valence-corrected chi connectivity index (χ4v) is 1.01. The normalized spacial score (nSPS) is 16.4. The Labute approximate surface area is 84.5 Å². The third kappa shape index (κ3) is 3.21. The van der Waals surface area contributed by atoms with E-state index in [1.54, 1.807) is 0 Å². The number of hydrogen-bond donors (Lipinski definition) is 2. The molecule has 1 heterocycles. The summed E-state index contributed by atoms with van der Waals surface area (Å²) in [4.78, 5) is 0. The number of rotatable bonds is 3. The molecule has 15 heavy (non-hydrogen) atoms. The van der Waals surface area contributed by atoms with Crippen LogP contribution in [0.2, 0.25) is 0 Å². The molecule has 0 saturated carbocycles. The van der Waals surface area contributed by atoms with Gasteiger partial charge in [-0.25, -0.2) is 0 Å². The molecule has 1 aromatic heterocycles. The number of hydrogen-bond acceptors (Lipinski definition) is 3. The van der Waals surface area contributed by atoms with Crippen LogP contribution in [0.25, 0.3) is 0 Å². The van der Waals surface area contributed by atoms with E-state index in [1.165, 1.54) is 6.92 Å². The first-order valence-electron chi connectivity index (χ1n) is 4.28. The lowest BCUT2D eigenvalue weighted by Crippen LogP contribution is -2.38. The Balaban J connectivity index is 2.78. The minimum Gasteiger partial charge on any atom is -0.387 e. The predicted octanol–water partition coefficient (Wildman–Crippen LogP) is 0.612. The highest BCUT2D eigenvalue weighted by Crippen LogP contribution is 2.27. The molecular formula is C8H12F3N3O. The summed E-state index contributed by atoms with van der Waals surface area (Å²) in [6, 6.07) is 0.854. The highest BCUT2D eigenvalue weighted by Gasteiger charge is 2.34. The molecule has 0 aliphatic carbocycles. The van der Waals surface area contributed by atoms with Gasteiger partial charge >= 0.3 is 6.18 Å². The Morgan fingerprint density at radius 2 is 2.13 bits per heavy atom. The van der Waals surface area contributed by atoms with Gasteiger partial charge in [-0.15, -0.1) is 0 Å². The van der Waals surface area contributed by atoms with Crippen molar-refractivity contribution in [1.29, 1.82) is 0 Å². The van der Waals surface area contributed by atoms with Crippen molar-refractivity contribution in [2.24, 2.45) is 5.73 Å². The third-order valence-corrected chi connectivity index (χ3v) is 1.87. The standard InChI is InChI=1S/C8H12F3N3O/c1-7(15,4-12)5-14-3-2-6(13-14)8(9,10)11/h2-3,15H,4-5,12H2,1H3. The van der Waals surface area contributed by atoms with Gasteiger partial charge in [0.1, 0.15) is 0 Å². The van der Waals surface area contributed by atoms with Crippen molar-refractivity contribution in [3.63, 3.8) is 0 Å². The fraction of sp³-hybridized carbons (Fsp3) is 0.625. The molecule has 0 bridgehead atoms. The lowest BCUT2D eigenvalue weighted by atomic mass is 10.1. The number of aromatic nitrogens is 2. The van der Waals surface area contributed by atoms with E-state index in [2.05, 4.69) is 5.10 Å². The maximum Gasteiger partial charge on any atom is 0.435 e. The van der Waals surface area contributed by atoms with Crippen molar-refractivity contribution < 1.29 is 18.3 Å². The quantitative estimate of drug-likeness (QED) is 0.789. The van der Waals surface area contributed by atoms with E-state index >= 15 is 0 Å². The van der Waals surface area contributed by atoms with Crippen LogP contribution < -0.4 is 5.73 Å². The van der Waals surface area contributed by atoms with Gasteiger partial charge in [-0.3, -0.25) is 4.68 Å². The molecule has 4 nitrogen and oxygen atoms in total. The molecule has 1 atom stereocenters. The zero-order chi connectivity index (χ0) is 11.7. The second kappa shape index (κ2) is 3.82. The van der Waals surface area contributed by atoms with E-state index in [4.69, 9.17) is 5.73 Å². The van der Waals surface area contributed by atoms with Crippen molar-refractivity contribution in [3.8, 4) is 0 Å². The average molecular weight is 223 g/mol. The van der Waals surface area contributed by atoms with E-state index in [9.17, 15) is 18.3 Å². The summed E-state index contributed by atoms with van der Waals surface area (Å²) in [6.07, 6.45) is -3.30. The topological polar surface area (TPSA) is 64.1 Å². The van der Waals surface area contributed by atoms with Gasteiger partial charge in [0.2, 0.25) is 0 Å². The molecule has 7 heteroatoms. The number of alkyl halides is 3. The maximum absolute atomic E-state index is 12.2. The van der Waals surface area contributed by atoms with Gasteiger partial charge in [0.25, 0.3) is 0 Å². The van der Waals surface area contributed by atoms with Gasteiger partial charge in [0, 0.05) is 12.7 Å². The molecule has 0 fully saturated rings. The Bertz CT molecular complexity index is 332. The highest BCUT2D eigenvalue weighted by atomic mass is 19.4. The summed E-state index contributed by atoms with van der Waals surface area (Å²) in [5.74, 6) is 0. The Hall–Kier alpha value is -1.08. The molecular weight excluding hydrogens is 211 g/mol. The molecule has 0 aromatic carbocycles. The SMILES string of the molecule is CC(O)(CN)Cn1ccc(C(F)(F)F)n1. The fourth-order valence-electron chi connectivity index (χ4n) is 1.01. The monoisotopic (exact) mass is 223 g/mol. The second-order valence-electron chi connectivity index (χ2n) is 3.60. The molecule has 1 unspecified atom stereocenters. The van der Waals surface area contributed by atoms with Gasteiger partial charge < -0.3 is 10.8 Å². The average Bonchev–Trinajstić information content (AvgIpc) is 2.51. The van der Waals surface area contributed by atoms with Crippen molar-refractivity contribution in [1.82, 2.24) is 9.78 Å². The minimum absolute atomic E-state index is 0.0474. The van der Waals surface area contributed by atoms with Crippen molar-refractivity contribution >= 4 is 0 Å². The predicted molar refractivity (Wildman–Crippen MR) is 46.9 cm³/mol. The number of aliphatic hydroxyl groups is 1. The van der Waals surface area contributed by atoms with Crippen molar-refractivity contribution in [3.05, 3.63) is 18.0 Å². The molecule has 86 valence electrons. The van der Waals surface area contributed by atoms with Crippen LogP contribution in [0.1, 0.15) is 12.6 Å². The lowest BCUT2D eigenvalue weighted by Gasteiger charge is -2.20. The summed E-state index contributed by atoms with van der Waals surface area (Å²) in [5, 5.41) is 12.8. The van der Waals surface area contributed by atoms with E-state index in [0.717, 1.165) is 16.9 Å². The van der Waals surface area contributed by atoms with Crippen molar-refractivity contribution in [2.75, 3.05) is 6.54 Å². The molecule has 1 rings (SSSR count). The first kappa shape index (κ1) is 12.0. The molecule has 0 radical (unpaired) electrons. The van der Waals surface area contributed by atoms with E-state index < -0.39 is 17.5 Å². The summed E-state index contributed by atoms with van der Waals surface area (Å²) in [6.45, 7) is 1.32. The molecule has 3 N–H and O–H groups in total. The molecule has 0 aliphatic rings. The number of nitrogens with zero attached hydrogens (tertiary/aromatic N) is 2. The zero-order valence-electron chi connectivity index (χ0n) is 8.12. The van der Waals surface area contributed by atoms with Gasteiger partial charge in [-0.05, 0) is 13.0 Å².